The van der Waals surface area contributed by atoms with Crippen molar-refractivity contribution in [2.75, 3.05) is 58.2 Å². The van der Waals surface area contributed by atoms with Crippen molar-refractivity contribution in [1.82, 2.24) is 15.3 Å². The fourth-order valence-corrected chi connectivity index (χ4v) is 4.48. The second-order valence-electron chi connectivity index (χ2n) is 9.12. The summed E-state index contributed by atoms with van der Waals surface area (Å²) in [5, 5.41) is 12.9. The quantitative estimate of drug-likeness (QED) is 0.298. The van der Waals surface area contributed by atoms with Gasteiger partial charge < -0.3 is 24.8 Å². The molecule has 0 aliphatic carbocycles. The standard InChI is InChI=1S/C28H38N4O5S/c1-5-6-14-32(15-16-36-3)27-18-26(21-10-12-25(13-11-21)38(4,34)35)30-28(31-27)22-8-7-9-24(17-22)37-20-23(33)19-29-2/h7-13,17-18,23,29,33H,5-6,14-16,19-20H2,1-4H3. The number of sulfone groups is 1. The van der Waals surface area contributed by atoms with Gasteiger partial charge in [0, 0.05) is 50.2 Å². The molecule has 1 heterocycles. The number of unbranched alkanes of at least 4 members (excludes halogenated alkanes) is 1. The van der Waals surface area contributed by atoms with Gasteiger partial charge in [-0.25, -0.2) is 18.4 Å². The Morgan fingerprint density at radius 2 is 1.82 bits per heavy atom. The van der Waals surface area contributed by atoms with E-state index in [1.165, 1.54) is 6.26 Å². The van der Waals surface area contributed by atoms with E-state index >= 15 is 0 Å². The fourth-order valence-electron chi connectivity index (χ4n) is 3.85. The van der Waals surface area contributed by atoms with Crippen LogP contribution in [0.4, 0.5) is 5.82 Å². The van der Waals surface area contributed by atoms with Crippen LogP contribution in [-0.2, 0) is 14.6 Å². The molecule has 38 heavy (non-hydrogen) atoms. The molecule has 2 N–H and O–H groups in total. The number of anilines is 1. The van der Waals surface area contributed by atoms with Crippen molar-refractivity contribution in [3.63, 3.8) is 0 Å². The summed E-state index contributed by atoms with van der Waals surface area (Å²) in [4.78, 5) is 12.2. The van der Waals surface area contributed by atoms with Gasteiger partial charge in [0.15, 0.2) is 15.7 Å². The minimum absolute atomic E-state index is 0.158. The molecule has 0 radical (unpaired) electrons. The summed E-state index contributed by atoms with van der Waals surface area (Å²) in [6.07, 6.45) is 2.61. The van der Waals surface area contributed by atoms with Crippen molar-refractivity contribution in [2.45, 2.75) is 30.8 Å². The lowest BCUT2D eigenvalue weighted by atomic mass is 10.1. The Morgan fingerprint density at radius 3 is 2.47 bits per heavy atom. The third kappa shape index (κ3) is 8.49. The Morgan fingerprint density at radius 1 is 1.05 bits per heavy atom. The lowest BCUT2D eigenvalue weighted by Gasteiger charge is -2.24. The number of methoxy groups -OCH3 is 1. The number of aliphatic hydroxyl groups is 1. The highest BCUT2D eigenvalue weighted by atomic mass is 32.2. The number of likely N-dealkylation sites (N-methyl/N-ethyl adjacent to an activating group) is 1. The summed E-state index contributed by atoms with van der Waals surface area (Å²) in [5.41, 5.74) is 2.23. The van der Waals surface area contributed by atoms with Crippen molar-refractivity contribution in [3.8, 4) is 28.4 Å². The highest BCUT2D eigenvalue weighted by molar-refractivity contribution is 7.90. The molecule has 3 rings (SSSR count). The van der Waals surface area contributed by atoms with Gasteiger partial charge in [0.05, 0.1) is 17.2 Å². The summed E-state index contributed by atoms with van der Waals surface area (Å²) in [5.74, 6) is 1.89. The maximum atomic E-state index is 12.0. The first-order valence-electron chi connectivity index (χ1n) is 12.7. The van der Waals surface area contributed by atoms with Crippen LogP contribution in [0.1, 0.15) is 19.8 Å². The number of aromatic nitrogens is 2. The zero-order chi connectivity index (χ0) is 27.5. The number of rotatable bonds is 15. The first kappa shape index (κ1) is 29.5. The highest BCUT2D eigenvalue weighted by Crippen LogP contribution is 2.29. The molecule has 2 aromatic carbocycles. The third-order valence-corrected chi connectivity index (χ3v) is 7.06. The van der Waals surface area contributed by atoms with Crippen LogP contribution >= 0.6 is 0 Å². The number of benzene rings is 2. The minimum atomic E-state index is -3.31. The maximum absolute atomic E-state index is 12.0. The van der Waals surface area contributed by atoms with Crippen LogP contribution in [0, 0.1) is 0 Å². The number of ether oxygens (including phenoxy) is 2. The Labute approximate surface area is 225 Å². The number of nitrogens with zero attached hydrogens (tertiary/aromatic N) is 3. The highest BCUT2D eigenvalue weighted by Gasteiger charge is 2.16. The van der Waals surface area contributed by atoms with Crippen molar-refractivity contribution in [2.24, 2.45) is 0 Å². The second-order valence-corrected chi connectivity index (χ2v) is 11.1. The zero-order valence-electron chi connectivity index (χ0n) is 22.6. The largest absolute Gasteiger partial charge is 0.491 e. The third-order valence-electron chi connectivity index (χ3n) is 5.94. The normalized spacial score (nSPS) is 12.3. The van der Waals surface area contributed by atoms with Gasteiger partial charge in [-0.2, -0.15) is 0 Å². The molecule has 0 spiro atoms. The van der Waals surface area contributed by atoms with Crippen LogP contribution in [0.3, 0.4) is 0 Å². The summed E-state index contributed by atoms with van der Waals surface area (Å²) >= 11 is 0. The van der Waals surface area contributed by atoms with Crippen LogP contribution in [-0.4, -0.2) is 82.9 Å². The SMILES string of the molecule is CCCCN(CCOC)c1cc(-c2ccc(S(C)(=O)=O)cc2)nc(-c2cccc(OCC(O)CNC)c2)n1. The molecule has 0 saturated carbocycles. The van der Waals surface area contributed by atoms with Crippen LogP contribution in [0.15, 0.2) is 59.5 Å². The number of aliphatic hydroxyl groups excluding tert-OH is 1. The molecule has 0 saturated heterocycles. The number of nitrogens with one attached hydrogen (secondary N) is 1. The van der Waals surface area contributed by atoms with Gasteiger partial charge in [0.2, 0.25) is 0 Å². The summed E-state index contributed by atoms with van der Waals surface area (Å²) < 4.78 is 35.0. The molecule has 1 atom stereocenters. The second kappa shape index (κ2) is 14.2. The van der Waals surface area contributed by atoms with E-state index in [4.69, 9.17) is 19.4 Å². The van der Waals surface area contributed by atoms with E-state index in [0.717, 1.165) is 36.3 Å². The van der Waals surface area contributed by atoms with E-state index < -0.39 is 15.9 Å². The molecule has 1 aromatic heterocycles. The van der Waals surface area contributed by atoms with Crippen LogP contribution in [0.2, 0.25) is 0 Å². The zero-order valence-corrected chi connectivity index (χ0v) is 23.4. The summed E-state index contributed by atoms with van der Waals surface area (Å²) in [7, 11) is 0.147. The van der Waals surface area contributed by atoms with Gasteiger partial charge >= 0.3 is 0 Å². The van der Waals surface area contributed by atoms with Crippen LogP contribution < -0.4 is 15.0 Å². The Bertz CT molecular complexity index is 1260. The summed E-state index contributed by atoms with van der Waals surface area (Å²) in [6, 6.07) is 16.1. The lowest BCUT2D eigenvalue weighted by Crippen LogP contribution is -2.29. The van der Waals surface area contributed by atoms with E-state index in [1.807, 2.05) is 30.3 Å². The minimum Gasteiger partial charge on any atom is -0.491 e. The van der Waals surface area contributed by atoms with Crippen molar-refractivity contribution in [3.05, 3.63) is 54.6 Å². The first-order valence-corrected chi connectivity index (χ1v) is 14.6. The Kier molecular flexibility index (Phi) is 11.0. The molecule has 0 aliphatic heterocycles. The smallest absolute Gasteiger partial charge is 0.175 e. The van der Waals surface area contributed by atoms with Gasteiger partial charge in [-0.05, 0) is 37.7 Å². The molecule has 1 unspecified atom stereocenters. The van der Waals surface area contributed by atoms with Crippen molar-refractivity contribution >= 4 is 15.7 Å². The first-order chi connectivity index (χ1) is 18.2. The molecule has 0 amide bonds. The monoisotopic (exact) mass is 542 g/mol. The lowest BCUT2D eigenvalue weighted by molar-refractivity contribution is 0.108. The average molecular weight is 543 g/mol. The van der Waals surface area contributed by atoms with Crippen LogP contribution in [0.25, 0.3) is 22.6 Å². The van der Waals surface area contributed by atoms with E-state index in [9.17, 15) is 13.5 Å². The molecule has 3 aromatic rings. The molecule has 10 heteroatoms. The Hall–Kier alpha value is -3.05. The Balaban J connectivity index is 2.04. The molecule has 9 nitrogen and oxygen atoms in total. The van der Waals surface area contributed by atoms with Crippen LogP contribution in [0.5, 0.6) is 5.75 Å². The molecule has 0 bridgehead atoms. The maximum Gasteiger partial charge on any atom is 0.175 e. The van der Waals surface area contributed by atoms with Gasteiger partial charge in [-0.3, -0.25) is 0 Å². The average Bonchev–Trinajstić information content (AvgIpc) is 2.92. The molecule has 0 fully saturated rings. The van der Waals surface area contributed by atoms with Crippen molar-refractivity contribution in [1.29, 1.82) is 0 Å². The predicted molar refractivity (Wildman–Crippen MR) is 150 cm³/mol. The molecule has 0 aliphatic rings. The fraction of sp³-hybridized carbons (Fsp3) is 0.429. The van der Waals surface area contributed by atoms with E-state index in [1.54, 1.807) is 38.4 Å². The summed E-state index contributed by atoms with van der Waals surface area (Å²) in [6.45, 7) is 4.78. The molecular weight excluding hydrogens is 504 g/mol. The van der Waals surface area contributed by atoms with Gasteiger partial charge in [-0.1, -0.05) is 37.6 Å². The number of hydrogen-bond donors (Lipinski definition) is 2. The molecular formula is C28H38N4O5S. The predicted octanol–water partition coefficient (Wildman–Crippen LogP) is 3.43. The van der Waals surface area contributed by atoms with E-state index in [0.29, 0.717) is 37.0 Å². The number of hydrogen-bond acceptors (Lipinski definition) is 9. The van der Waals surface area contributed by atoms with Crippen molar-refractivity contribution < 1.29 is 23.0 Å². The van der Waals surface area contributed by atoms with Gasteiger partial charge in [0.1, 0.15) is 24.3 Å². The van der Waals surface area contributed by atoms with Gasteiger partial charge in [0.25, 0.3) is 0 Å². The van der Waals surface area contributed by atoms with Gasteiger partial charge in [-0.15, -0.1) is 0 Å². The van der Waals surface area contributed by atoms with E-state index in [-0.39, 0.29) is 11.5 Å². The molecule has 206 valence electrons. The topological polar surface area (TPSA) is 114 Å². The van der Waals surface area contributed by atoms with E-state index in [2.05, 4.69) is 17.1 Å².